The van der Waals surface area contributed by atoms with Crippen molar-refractivity contribution in [3.05, 3.63) is 109 Å². The second kappa shape index (κ2) is 79.8. The van der Waals surface area contributed by atoms with E-state index < -0.39 is 26.5 Å². The molecule has 0 saturated heterocycles. The predicted octanol–water partition coefficient (Wildman–Crippen LogP) is 28.7. The fraction of sp³-hybridized carbons (Fsp3) is 0.778. The van der Waals surface area contributed by atoms with Crippen LogP contribution < -0.4 is 0 Å². The van der Waals surface area contributed by atoms with E-state index in [2.05, 4.69) is 123 Å². The lowest BCUT2D eigenvalue weighted by Gasteiger charge is -2.24. The zero-order valence-electron chi connectivity index (χ0n) is 66.4. The summed E-state index contributed by atoms with van der Waals surface area (Å²) in [4.78, 5) is 36.0. The molecule has 580 valence electrons. The number of carbonyl (C=O) groups excluding carboxylic acids is 2. The van der Waals surface area contributed by atoms with Gasteiger partial charge in [0.2, 0.25) is 0 Å². The highest BCUT2D eigenvalue weighted by Gasteiger charge is 2.27. The Morgan fingerprint density at radius 3 is 0.850 bits per heavy atom. The van der Waals surface area contributed by atoms with Gasteiger partial charge in [-0.2, -0.15) is 0 Å². The van der Waals surface area contributed by atoms with Crippen molar-refractivity contribution in [1.82, 2.24) is 0 Å². The minimum absolute atomic E-state index is 0.0317. The number of esters is 2. The number of quaternary nitrogens is 1. The summed E-state index contributed by atoms with van der Waals surface area (Å²) >= 11 is 0. The first-order chi connectivity index (χ1) is 49.0. The van der Waals surface area contributed by atoms with Crippen molar-refractivity contribution in [2.24, 2.45) is 0 Å². The third-order valence-electron chi connectivity index (χ3n) is 18.8. The molecule has 1 N–H and O–H groups in total. The van der Waals surface area contributed by atoms with Crippen molar-refractivity contribution in [1.29, 1.82) is 0 Å². The van der Waals surface area contributed by atoms with Crippen LogP contribution >= 0.6 is 7.82 Å². The number of unbranched alkanes of at least 4 members (excludes halogenated alkanes) is 47. The first-order valence-corrected chi connectivity index (χ1v) is 44.1. The summed E-state index contributed by atoms with van der Waals surface area (Å²) in [6, 6.07) is 0. The molecule has 0 aromatic rings. The highest BCUT2D eigenvalue weighted by atomic mass is 31.2. The Labute approximate surface area is 620 Å². The molecule has 10 heteroatoms. The van der Waals surface area contributed by atoms with Crippen molar-refractivity contribution < 1.29 is 42.1 Å². The van der Waals surface area contributed by atoms with Crippen LogP contribution in [0.1, 0.15) is 399 Å². The van der Waals surface area contributed by atoms with Crippen LogP contribution in [0.5, 0.6) is 0 Å². The molecule has 0 spiro atoms. The van der Waals surface area contributed by atoms with Gasteiger partial charge in [-0.15, -0.1) is 0 Å². The minimum atomic E-state index is -4.40. The molecule has 2 atom stereocenters. The van der Waals surface area contributed by atoms with Crippen LogP contribution in [0.4, 0.5) is 0 Å². The Morgan fingerprint density at radius 1 is 0.320 bits per heavy atom. The van der Waals surface area contributed by atoms with Crippen LogP contribution in [-0.2, 0) is 32.7 Å². The Bertz CT molecular complexity index is 2060. The van der Waals surface area contributed by atoms with Crippen molar-refractivity contribution in [3.63, 3.8) is 0 Å². The van der Waals surface area contributed by atoms with Gasteiger partial charge in [0.15, 0.2) is 6.10 Å². The fourth-order valence-electron chi connectivity index (χ4n) is 12.3. The van der Waals surface area contributed by atoms with Gasteiger partial charge in [-0.05, 0) is 103 Å². The molecule has 0 aromatic heterocycles. The van der Waals surface area contributed by atoms with Crippen LogP contribution in [0.3, 0.4) is 0 Å². The fourth-order valence-corrected chi connectivity index (χ4v) is 13.1. The van der Waals surface area contributed by atoms with E-state index in [1.54, 1.807) is 0 Å². The molecule has 0 aliphatic carbocycles. The molecule has 0 saturated carbocycles. The molecule has 0 fully saturated rings. The Balaban J connectivity index is 3.91. The maximum absolute atomic E-state index is 12.9. The van der Waals surface area contributed by atoms with Gasteiger partial charge in [0, 0.05) is 12.8 Å². The third-order valence-corrected chi connectivity index (χ3v) is 19.8. The number of carbonyl (C=O) groups is 2. The number of phosphoric acid groups is 1. The number of nitrogens with zero attached hydrogens (tertiary/aromatic N) is 1. The topological polar surface area (TPSA) is 108 Å². The van der Waals surface area contributed by atoms with Gasteiger partial charge in [0.05, 0.1) is 27.7 Å². The average Bonchev–Trinajstić information content (AvgIpc) is 1.07. The maximum atomic E-state index is 12.9. The summed E-state index contributed by atoms with van der Waals surface area (Å²) in [5.74, 6) is -0.779. The lowest BCUT2D eigenvalue weighted by atomic mass is 10.0. The minimum Gasteiger partial charge on any atom is -0.462 e. The number of allylic oxidation sites excluding steroid dienone is 18. The van der Waals surface area contributed by atoms with Crippen molar-refractivity contribution in [2.75, 3.05) is 47.5 Å². The predicted molar refractivity (Wildman–Crippen MR) is 436 cm³/mol. The number of phosphoric ester groups is 1. The van der Waals surface area contributed by atoms with Crippen LogP contribution in [0, 0.1) is 0 Å². The van der Waals surface area contributed by atoms with Crippen molar-refractivity contribution in [2.45, 2.75) is 405 Å². The van der Waals surface area contributed by atoms with Crippen molar-refractivity contribution >= 4 is 19.8 Å². The van der Waals surface area contributed by atoms with Gasteiger partial charge in [0.25, 0.3) is 0 Å². The van der Waals surface area contributed by atoms with Crippen molar-refractivity contribution in [3.8, 4) is 0 Å². The largest absolute Gasteiger partial charge is 0.472 e. The normalized spacial score (nSPS) is 13.5. The maximum Gasteiger partial charge on any atom is 0.472 e. The number of likely N-dealkylation sites (N-methyl/N-ethyl adjacent to an activating group) is 1. The number of rotatable bonds is 79. The lowest BCUT2D eigenvalue weighted by Crippen LogP contribution is -2.37. The quantitative estimate of drug-likeness (QED) is 0.0211. The average molecular weight is 1420 g/mol. The molecular weight excluding hydrogens is 1250 g/mol. The Morgan fingerprint density at radius 2 is 0.570 bits per heavy atom. The highest BCUT2D eigenvalue weighted by Crippen LogP contribution is 2.43. The van der Waals surface area contributed by atoms with Crippen LogP contribution in [-0.4, -0.2) is 74.9 Å². The number of ether oxygens (including phenoxy) is 2. The monoisotopic (exact) mass is 1420 g/mol. The summed E-state index contributed by atoms with van der Waals surface area (Å²) in [6.45, 7) is 4.36. The molecule has 0 amide bonds. The van der Waals surface area contributed by atoms with Gasteiger partial charge < -0.3 is 18.9 Å². The standard InChI is InChI=1S/C90H162NO8P/c1-6-8-10-12-14-16-18-20-22-24-26-28-30-32-34-36-38-40-42-44-45-47-49-51-53-55-57-59-61-63-65-67-69-71-73-75-77-79-81-83-90(93)99-88(87-98-100(94,95)97-85-84-91(3,4)5)86-96-89(92)82-80-78-76-74-72-70-68-66-64-62-60-58-56-54-52-50-48-46-43-41-39-37-35-33-31-29-27-25-23-21-19-17-15-13-11-9-7-2/h8,10,14,16,19-22,25-28,31-34,38,40,88H,6-7,9,11-13,15,17-18,23-24,29-30,35-37,39,41-87H2,1-5H3/p+1/b10-8-,16-14-,21-19-,22-20-,27-25-,28-26-,33-31-,34-32-,40-38-. The SMILES string of the molecule is CC/C=C\C/C=C\C/C=C\C/C=C\C/C=C\C/C=C\CCCCCCCCCCCCCCCCCCCCCCC(=O)OC(COC(=O)CCCCCCCCCCCCCCCCCCCCCCCC/C=C\C/C=C\C/C=C\CCCCCCC)COP(=O)(O)OCC[N+](C)(C)C. The van der Waals surface area contributed by atoms with E-state index in [9.17, 15) is 19.0 Å². The Kier molecular flexibility index (Phi) is 77.1. The molecule has 2 unspecified atom stereocenters. The summed E-state index contributed by atoms with van der Waals surface area (Å²) in [7, 11) is 1.49. The molecule has 0 aromatic carbocycles. The van der Waals surface area contributed by atoms with Gasteiger partial charge in [-0.1, -0.05) is 393 Å². The number of hydrogen-bond donors (Lipinski definition) is 1. The molecule has 9 nitrogen and oxygen atoms in total. The highest BCUT2D eigenvalue weighted by molar-refractivity contribution is 7.47. The first kappa shape index (κ1) is 96.7. The van der Waals surface area contributed by atoms with Gasteiger partial charge in [-0.25, -0.2) is 4.57 Å². The van der Waals surface area contributed by atoms with E-state index >= 15 is 0 Å². The molecule has 0 heterocycles. The van der Waals surface area contributed by atoms with E-state index in [1.165, 1.54) is 283 Å². The summed E-state index contributed by atoms with van der Waals surface area (Å²) < 4.78 is 34.9. The molecule has 0 rings (SSSR count). The van der Waals surface area contributed by atoms with Gasteiger partial charge in [-0.3, -0.25) is 18.6 Å². The third kappa shape index (κ3) is 83.6. The van der Waals surface area contributed by atoms with Crippen LogP contribution in [0.2, 0.25) is 0 Å². The van der Waals surface area contributed by atoms with Crippen LogP contribution in [0.25, 0.3) is 0 Å². The summed E-state index contributed by atoms with van der Waals surface area (Å²) in [5.41, 5.74) is 0. The molecule has 0 radical (unpaired) electrons. The van der Waals surface area contributed by atoms with Gasteiger partial charge in [0.1, 0.15) is 19.8 Å². The van der Waals surface area contributed by atoms with E-state index in [0.717, 1.165) is 83.5 Å². The van der Waals surface area contributed by atoms with E-state index in [4.69, 9.17) is 18.5 Å². The summed E-state index contributed by atoms with van der Waals surface area (Å²) in [5, 5.41) is 0. The zero-order valence-corrected chi connectivity index (χ0v) is 67.3. The van der Waals surface area contributed by atoms with Crippen LogP contribution in [0.15, 0.2) is 109 Å². The second-order valence-electron chi connectivity index (χ2n) is 29.8. The van der Waals surface area contributed by atoms with E-state index in [1.807, 2.05) is 21.1 Å². The Hall–Kier alpha value is -3.33. The van der Waals surface area contributed by atoms with Gasteiger partial charge >= 0.3 is 19.8 Å². The molecule has 0 aliphatic rings. The molecule has 0 bridgehead atoms. The smallest absolute Gasteiger partial charge is 0.462 e. The molecule has 100 heavy (non-hydrogen) atoms. The zero-order chi connectivity index (χ0) is 72.5. The molecule has 0 aliphatic heterocycles. The van der Waals surface area contributed by atoms with E-state index in [-0.39, 0.29) is 25.6 Å². The van der Waals surface area contributed by atoms with E-state index in [0.29, 0.717) is 23.9 Å². The molecular formula is C90H163NO8P+. The summed E-state index contributed by atoms with van der Waals surface area (Å²) in [6.07, 6.45) is 114. The second-order valence-corrected chi connectivity index (χ2v) is 31.3. The lowest BCUT2D eigenvalue weighted by molar-refractivity contribution is -0.870. The number of hydrogen-bond acceptors (Lipinski definition) is 7. The first-order valence-electron chi connectivity index (χ1n) is 42.6.